The molecule has 2 N–H and O–H groups in total. The van der Waals surface area contributed by atoms with Crippen LogP contribution >= 0.6 is 35.4 Å². The summed E-state index contributed by atoms with van der Waals surface area (Å²) >= 11 is 17.6. The van der Waals surface area contributed by atoms with Gasteiger partial charge in [-0.15, -0.1) is 0 Å². The van der Waals surface area contributed by atoms with Gasteiger partial charge in [-0.2, -0.15) is 0 Å². The van der Waals surface area contributed by atoms with E-state index >= 15 is 0 Å². The number of rotatable bonds is 6. The van der Waals surface area contributed by atoms with Gasteiger partial charge < -0.3 is 24.4 Å². The summed E-state index contributed by atoms with van der Waals surface area (Å²) in [5, 5.41) is 6.06. The molecule has 0 aliphatic carbocycles. The van der Waals surface area contributed by atoms with Crippen molar-refractivity contribution in [1.82, 2.24) is 5.32 Å². The van der Waals surface area contributed by atoms with Crippen molar-refractivity contribution in [1.29, 1.82) is 0 Å². The Balaban J connectivity index is 1.81. The van der Waals surface area contributed by atoms with Crippen molar-refractivity contribution < 1.29 is 23.8 Å². The zero-order chi connectivity index (χ0) is 24.0. The Bertz CT molecular complexity index is 1040. The van der Waals surface area contributed by atoms with Gasteiger partial charge in [0.2, 0.25) is 0 Å². The molecule has 0 bridgehead atoms. The van der Waals surface area contributed by atoms with Crippen molar-refractivity contribution in [3.05, 3.63) is 51.5 Å². The van der Waals surface area contributed by atoms with Gasteiger partial charge in [0.1, 0.15) is 0 Å². The van der Waals surface area contributed by atoms with Crippen LogP contribution in [-0.2, 0) is 9.47 Å². The highest BCUT2D eigenvalue weighted by atomic mass is 35.5. The van der Waals surface area contributed by atoms with Crippen molar-refractivity contribution >= 4 is 63.8 Å². The topological polar surface area (TPSA) is 89.1 Å². The third-order valence-corrected chi connectivity index (χ3v) is 5.56. The molecule has 0 radical (unpaired) electrons. The van der Waals surface area contributed by atoms with Gasteiger partial charge in [0.05, 0.1) is 53.9 Å². The number of thiocarbonyl (C=S) groups is 1. The lowest BCUT2D eigenvalue weighted by molar-refractivity contribution is 0.0526. The van der Waals surface area contributed by atoms with Crippen molar-refractivity contribution in [2.45, 2.75) is 6.92 Å². The summed E-state index contributed by atoms with van der Waals surface area (Å²) in [6.07, 6.45) is 0. The molecule has 0 spiro atoms. The highest BCUT2D eigenvalue weighted by Crippen LogP contribution is 2.34. The molecule has 0 atom stereocenters. The molecule has 2 aromatic rings. The lowest BCUT2D eigenvalue weighted by atomic mass is 10.1. The molecule has 1 aliphatic rings. The van der Waals surface area contributed by atoms with Crippen molar-refractivity contribution in [2.24, 2.45) is 0 Å². The third-order valence-electron chi connectivity index (χ3n) is 4.80. The molecule has 0 unspecified atom stereocenters. The number of carbonyl (C=O) groups is 2. The minimum Gasteiger partial charge on any atom is -0.494 e. The molecule has 11 heteroatoms. The maximum Gasteiger partial charge on any atom is 0.338 e. The van der Waals surface area contributed by atoms with E-state index in [0.717, 1.165) is 5.69 Å². The molecular weight excluding hydrogens is 489 g/mol. The number of carbonyl (C=O) groups excluding carboxylic acids is 2. The molecule has 33 heavy (non-hydrogen) atoms. The van der Waals surface area contributed by atoms with Gasteiger partial charge in [-0.05, 0) is 49.5 Å². The largest absolute Gasteiger partial charge is 0.494 e. The van der Waals surface area contributed by atoms with Crippen LogP contribution in [0.25, 0.3) is 0 Å². The second-order valence-electron chi connectivity index (χ2n) is 6.93. The molecule has 2 aromatic carbocycles. The monoisotopic (exact) mass is 511 g/mol. The number of esters is 1. The molecule has 1 amide bonds. The van der Waals surface area contributed by atoms with Crippen molar-refractivity contribution in [3.8, 4) is 5.75 Å². The fraction of sp³-hybridized carbons (Fsp3) is 0.318. The van der Waals surface area contributed by atoms with Gasteiger partial charge in [-0.3, -0.25) is 10.1 Å². The number of amides is 1. The van der Waals surface area contributed by atoms with Crippen LogP contribution in [0.15, 0.2) is 30.3 Å². The van der Waals surface area contributed by atoms with E-state index in [1.54, 1.807) is 19.1 Å². The number of anilines is 2. The van der Waals surface area contributed by atoms with E-state index < -0.39 is 11.9 Å². The lowest BCUT2D eigenvalue weighted by Gasteiger charge is -2.31. The molecule has 8 nitrogen and oxygen atoms in total. The second kappa shape index (κ2) is 11.5. The summed E-state index contributed by atoms with van der Waals surface area (Å²) < 4.78 is 15.6. The Hall–Kier alpha value is -2.59. The van der Waals surface area contributed by atoms with Crippen LogP contribution < -0.4 is 20.3 Å². The van der Waals surface area contributed by atoms with Gasteiger partial charge in [0.15, 0.2) is 10.9 Å². The van der Waals surface area contributed by atoms with Gasteiger partial charge in [-0.1, -0.05) is 23.2 Å². The Morgan fingerprint density at radius 2 is 1.79 bits per heavy atom. The van der Waals surface area contributed by atoms with E-state index in [1.807, 2.05) is 6.07 Å². The molecule has 1 heterocycles. The minimum atomic E-state index is -0.506. The predicted octanol–water partition coefficient (Wildman–Crippen LogP) is 4.14. The van der Waals surface area contributed by atoms with Crippen LogP contribution in [0.5, 0.6) is 5.75 Å². The van der Waals surface area contributed by atoms with E-state index in [1.165, 1.54) is 19.2 Å². The Kier molecular flexibility index (Phi) is 8.74. The van der Waals surface area contributed by atoms with Crippen LogP contribution in [0, 0.1) is 0 Å². The molecule has 3 rings (SSSR count). The highest BCUT2D eigenvalue weighted by molar-refractivity contribution is 7.80. The third kappa shape index (κ3) is 6.26. The number of benzene rings is 2. The van der Waals surface area contributed by atoms with E-state index in [4.69, 9.17) is 49.6 Å². The Morgan fingerprint density at radius 1 is 1.12 bits per heavy atom. The number of ether oxygens (including phenoxy) is 3. The fourth-order valence-corrected chi connectivity index (χ4v) is 4.12. The summed E-state index contributed by atoms with van der Waals surface area (Å²) in [6, 6.07) is 8.02. The SMILES string of the molecule is CCOC(=O)c1ccc(N2CCOCC2)c(NC(=S)NC(=O)c2cc(Cl)c(OC)c(Cl)c2)c1. The predicted molar refractivity (Wildman–Crippen MR) is 132 cm³/mol. The number of nitrogens with one attached hydrogen (secondary N) is 2. The number of nitrogens with zero attached hydrogens (tertiary/aromatic N) is 1. The highest BCUT2D eigenvalue weighted by Gasteiger charge is 2.19. The van der Waals surface area contributed by atoms with Crippen LogP contribution in [0.4, 0.5) is 11.4 Å². The molecule has 0 aromatic heterocycles. The molecule has 176 valence electrons. The maximum atomic E-state index is 12.7. The smallest absolute Gasteiger partial charge is 0.338 e. The quantitative estimate of drug-likeness (QED) is 0.441. The standard InChI is InChI=1S/C22H23Cl2N3O5S/c1-3-32-21(29)13-4-5-18(27-6-8-31-9-7-27)17(12-13)25-22(33)26-20(28)14-10-15(23)19(30-2)16(24)11-14/h4-5,10-12H,3,6-9H2,1-2H3,(H2,25,26,28,33). The number of halogens is 2. The summed E-state index contributed by atoms with van der Waals surface area (Å²) in [7, 11) is 1.43. The van der Waals surface area contributed by atoms with Crippen LogP contribution in [0.2, 0.25) is 10.0 Å². The summed E-state index contributed by atoms with van der Waals surface area (Å²) in [4.78, 5) is 27.0. The number of hydrogen-bond donors (Lipinski definition) is 2. The first kappa shape index (κ1) is 25.0. The van der Waals surface area contributed by atoms with Gasteiger partial charge in [0, 0.05) is 18.7 Å². The molecule has 0 saturated carbocycles. The van der Waals surface area contributed by atoms with Crippen molar-refractivity contribution in [2.75, 3.05) is 50.2 Å². The Morgan fingerprint density at radius 3 is 2.39 bits per heavy atom. The first-order valence-corrected chi connectivity index (χ1v) is 11.3. The van der Waals surface area contributed by atoms with Gasteiger partial charge in [-0.25, -0.2) is 4.79 Å². The van der Waals surface area contributed by atoms with Gasteiger partial charge >= 0.3 is 5.97 Å². The molecule has 1 fully saturated rings. The van der Waals surface area contributed by atoms with Crippen LogP contribution in [-0.4, -0.2) is 57.0 Å². The second-order valence-corrected chi connectivity index (χ2v) is 8.16. The first-order valence-electron chi connectivity index (χ1n) is 10.1. The first-order chi connectivity index (χ1) is 15.8. The molecule has 1 aliphatic heterocycles. The zero-order valence-corrected chi connectivity index (χ0v) is 20.4. The van der Waals surface area contributed by atoms with E-state index in [9.17, 15) is 9.59 Å². The lowest BCUT2D eigenvalue weighted by Crippen LogP contribution is -2.38. The Labute approximate surface area is 207 Å². The van der Waals surface area contributed by atoms with Crippen LogP contribution in [0.1, 0.15) is 27.6 Å². The normalized spacial score (nSPS) is 13.3. The van der Waals surface area contributed by atoms with E-state index in [2.05, 4.69) is 15.5 Å². The van der Waals surface area contributed by atoms with Crippen LogP contribution in [0.3, 0.4) is 0 Å². The van der Waals surface area contributed by atoms with E-state index in [0.29, 0.717) is 37.6 Å². The number of morpholine rings is 1. The maximum absolute atomic E-state index is 12.7. The zero-order valence-electron chi connectivity index (χ0n) is 18.1. The average molecular weight is 512 g/mol. The summed E-state index contributed by atoms with van der Waals surface area (Å²) in [5.41, 5.74) is 1.94. The number of methoxy groups -OCH3 is 1. The fourth-order valence-electron chi connectivity index (χ4n) is 3.27. The minimum absolute atomic E-state index is 0.0404. The average Bonchev–Trinajstić information content (AvgIpc) is 2.79. The summed E-state index contributed by atoms with van der Waals surface area (Å²) in [5.74, 6) is -0.679. The molecule has 1 saturated heterocycles. The summed E-state index contributed by atoms with van der Waals surface area (Å²) in [6.45, 7) is 4.51. The van der Waals surface area contributed by atoms with E-state index in [-0.39, 0.29) is 33.1 Å². The number of hydrogen-bond acceptors (Lipinski definition) is 7. The molecular formula is C22H23Cl2N3O5S. The van der Waals surface area contributed by atoms with Crippen molar-refractivity contribution in [3.63, 3.8) is 0 Å². The van der Waals surface area contributed by atoms with Gasteiger partial charge in [0.25, 0.3) is 5.91 Å².